The van der Waals surface area contributed by atoms with Gasteiger partial charge < -0.3 is 9.64 Å². The smallest absolute Gasteiger partial charge is 0.264 e. The van der Waals surface area contributed by atoms with Gasteiger partial charge in [-0.15, -0.1) is 11.3 Å². The van der Waals surface area contributed by atoms with Gasteiger partial charge in [-0.25, -0.2) is 0 Å². The van der Waals surface area contributed by atoms with Crippen LogP contribution in [0.5, 0.6) is 0 Å². The van der Waals surface area contributed by atoms with Gasteiger partial charge in [-0.3, -0.25) is 9.48 Å². The molecule has 1 atom stereocenters. The molecule has 0 N–H and O–H groups in total. The standard InChI is InChI=1S/C16H23N3O2S/c1-4-8-21-12-6-5-7-19(10-12)15(20)14-9-13-11(2)17-18(3)16(13)22-14/h9,12H,4-8,10H2,1-3H3/t12-/m0/s1. The summed E-state index contributed by atoms with van der Waals surface area (Å²) in [6, 6.07) is 1.99. The Balaban J connectivity index is 1.75. The van der Waals surface area contributed by atoms with Crippen molar-refractivity contribution in [2.75, 3.05) is 19.7 Å². The fourth-order valence-electron chi connectivity index (χ4n) is 3.01. The zero-order valence-electron chi connectivity index (χ0n) is 13.5. The van der Waals surface area contributed by atoms with Gasteiger partial charge >= 0.3 is 0 Å². The fourth-order valence-corrected chi connectivity index (χ4v) is 4.10. The van der Waals surface area contributed by atoms with Crippen molar-refractivity contribution in [1.82, 2.24) is 14.7 Å². The number of aromatic nitrogens is 2. The van der Waals surface area contributed by atoms with Gasteiger partial charge in [0, 0.05) is 32.1 Å². The van der Waals surface area contributed by atoms with E-state index in [2.05, 4.69) is 12.0 Å². The Morgan fingerprint density at radius 1 is 1.55 bits per heavy atom. The van der Waals surface area contributed by atoms with Crippen LogP contribution in [-0.4, -0.2) is 46.4 Å². The first kappa shape index (κ1) is 15.5. The predicted molar refractivity (Wildman–Crippen MR) is 88.5 cm³/mol. The Morgan fingerprint density at radius 2 is 2.36 bits per heavy atom. The van der Waals surface area contributed by atoms with Crippen molar-refractivity contribution in [2.24, 2.45) is 7.05 Å². The highest BCUT2D eigenvalue weighted by Crippen LogP contribution is 2.29. The van der Waals surface area contributed by atoms with E-state index < -0.39 is 0 Å². The highest BCUT2D eigenvalue weighted by atomic mass is 32.1. The molecule has 1 aliphatic heterocycles. The number of piperidine rings is 1. The second-order valence-corrected chi connectivity index (χ2v) is 6.96. The van der Waals surface area contributed by atoms with E-state index in [4.69, 9.17) is 4.74 Å². The summed E-state index contributed by atoms with van der Waals surface area (Å²) < 4.78 is 7.68. The van der Waals surface area contributed by atoms with E-state index in [1.54, 1.807) is 0 Å². The number of amides is 1. The number of carbonyl (C=O) groups is 1. The first-order chi connectivity index (χ1) is 10.6. The van der Waals surface area contributed by atoms with E-state index >= 15 is 0 Å². The maximum atomic E-state index is 12.8. The van der Waals surface area contributed by atoms with E-state index in [-0.39, 0.29) is 12.0 Å². The van der Waals surface area contributed by atoms with Gasteiger partial charge in [0.2, 0.25) is 0 Å². The molecule has 6 heteroatoms. The number of likely N-dealkylation sites (tertiary alicyclic amines) is 1. The van der Waals surface area contributed by atoms with Crippen molar-refractivity contribution in [1.29, 1.82) is 0 Å². The van der Waals surface area contributed by atoms with E-state index in [0.717, 1.165) is 53.2 Å². The number of hydrogen-bond acceptors (Lipinski definition) is 4. The normalized spacial score (nSPS) is 19.0. The van der Waals surface area contributed by atoms with Gasteiger partial charge in [0.05, 0.1) is 16.7 Å². The lowest BCUT2D eigenvalue weighted by atomic mass is 10.1. The van der Waals surface area contributed by atoms with Crippen LogP contribution in [0.3, 0.4) is 0 Å². The summed E-state index contributed by atoms with van der Waals surface area (Å²) in [5.74, 6) is 0.130. The average molecular weight is 321 g/mol. The zero-order valence-corrected chi connectivity index (χ0v) is 14.3. The summed E-state index contributed by atoms with van der Waals surface area (Å²) >= 11 is 1.53. The second-order valence-electron chi connectivity index (χ2n) is 5.92. The molecule has 0 aliphatic carbocycles. The third-order valence-corrected chi connectivity index (χ3v) is 5.32. The minimum atomic E-state index is 0.130. The molecule has 3 heterocycles. The third kappa shape index (κ3) is 2.90. The minimum Gasteiger partial charge on any atom is -0.376 e. The highest BCUT2D eigenvalue weighted by Gasteiger charge is 2.26. The van der Waals surface area contributed by atoms with Crippen LogP contribution in [0.25, 0.3) is 10.2 Å². The molecule has 22 heavy (non-hydrogen) atoms. The van der Waals surface area contributed by atoms with Crippen molar-refractivity contribution in [3.8, 4) is 0 Å². The topological polar surface area (TPSA) is 47.4 Å². The molecule has 5 nitrogen and oxygen atoms in total. The van der Waals surface area contributed by atoms with Crippen LogP contribution in [0.2, 0.25) is 0 Å². The predicted octanol–water partition coefficient (Wildman–Crippen LogP) is 2.97. The number of carbonyl (C=O) groups excluding carboxylic acids is 1. The summed E-state index contributed by atoms with van der Waals surface area (Å²) in [4.78, 5) is 16.6. The van der Waals surface area contributed by atoms with Crippen molar-refractivity contribution in [3.63, 3.8) is 0 Å². The molecular formula is C16H23N3O2S. The van der Waals surface area contributed by atoms with Crippen molar-refractivity contribution < 1.29 is 9.53 Å². The monoisotopic (exact) mass is 321 g/mol. The maximum absolute atomic E-state index is 12.8. The van der Waals surface area contributed by atoms with Crippen LogP contribution in [0.1, 0.15) is 41.6 Å². The Bertz CT molecular complexity index is 642. The lowest BCUT2D eigenvalue weighted by molar-refractivity contribution is 0.00227. The number of fused-ring (bicyclic) bond motifs is 1. The molecule has 1 fully saturated rings. The van der Waals surface area contributed by atoms with Crippen LogP contribution in [0.15, 0.2) is 6.07 Å². The van der Waals surface area contributed by atoms with Gasteiger partial charge in [-0.1, -0.05) is 6.92 Å². The zero-order chi connectivity index (χ0) is 15.7. The molecule has 0 bridgehead atoms. The molecule has 120 valence electrons. The molecule has 0 radical (unpaired) electrons. The number of nitrogens with zero attached hydrogens (tertiary/aromatic N) is 3. The number of aryl methyl sites for hydroxylation is 2. The third-order valence-electron chi connectivity index (χ3n) is 4.13. The molecule has 0 aromatic carbocycles. The van der Waals surface area contributed by atoms with Crippen LogP contribution >= 0.6 is 11.3 Å². The van der Waals surface area contributed by atoms with Crippen molar-refractivity contribution in [2.45, 2.75) is 39.2 Å². The van der Waals surface area contributed by atoms with Gasteiger partial charge in [0.25, 0.3) is 5.91 Å². The molecule has 1 saturated heterocycles. The summed E-state index contributed by atoms with van der Waals surface area (Å²) in [6.45, 7) is 6.42. The van der Waals surface area contributed by atoms with Gasteiger partial charge in [-0.2, -0.15) is 5.10 Å². The Kier molecular flexibility index (Phi) is 4.49. The largest absolute Gasteiger partial charge is 0.376 e. The summed E-state index contributed by atoms with van der Waals surface area (Å²) in [6.07, 6.45) is 3.29. The SMILES string of the molecule is CCCO[C@H]1CCCN(C(=O)c2cc3c(C)nn(C)c3s2)C1. The highest BCUT2D eigenvalue weighted by molar-refractivity contribution is 7.20. The summed E-state index contributed by atoms with van der Waals surface area (Å²) in [7, 11) is 1.93. The van der Waals surface area contributed by atoms with Crippen LogP contribution in [0.4, 0.5) is 0 Å². The van der Waals surface area contributed by atoms with E-state index in [1.807, 2.05) is 29.6 Å². The van der Waals surface area contributed by atoms with Gasteiger partial charge in [0.1, 0.15) is 4.83 Å². The Morgan fingerprint density at radius 3 is 3.09 bits per heavy atom. The van der Waals surface area contributed by atoms with Gasteiger partial charge in [-0.05, 0) is 32.3 Å². The molecule has 0 saturated carbocycles. The molecule has 3 rings (SSSR count). The first-order valence-electron chi connectivity index (χ1n) is 7.94. The maximum Gasteiger partial charge on any atom is 0.264 e. The first-order valence-corrected chi connectivity index (χ1v) is 8.75. The van der Waals surface area contributed by atoms with Crippen molar-refractivity contribution in [3.05, 3.63) is 16.6 Å². The van der Waals surface area contributed by atoms with Crippen LogP contribution in [-0.2, 0) is 11.8 Å². The van der Waals surface area contributed by atoms with Crippen molar-refractivity contribution >= 4 is 27.5 Å². The fraction of sp³-hybridized carbons (Fsp3) is 0.625. The molecule has 1 amide bonds. The van der Waals surface area contributed by atoms with Crippen LogP contribution < -0.4 is 0 Å². The molecule has 2 aromatic heterocycles. The van der Waals surface area contributed by atoms with E-state index in [9.17, 15) is 4.79 Å². The van der Waals surface area contributed by atoms with Gasteiger partial charge in [0.15, 0.2) is 0 Å². The number of rotatable bonds is 4. The minimum absolute atomic E-state index is 0.130. The molecule has 2 aromatic rings. The van der Waals surface area contributed by atoms with E-state index in [1.165, 1.54) is 11.3 Å². The second kappa shape index (κ2) is 6.38. The molecule has 0 unspecified atom stereocenters. The summed E-state index contributed by atoms with van der Waals surface area (Å²) in [5.41, 5.74) is 0.982. The van der Waals surface area contributed by atoms with E-state index in [0.29, 0.717) is 6.54 Å². The number of ether oxygens (including phenoxy) is 1. The lowest BCUT2D eigenvalue weighted by Gasteiger charge is -2.32. The Hall–Kier alpha value is -1.40. The Labute approximate surface area is 134 Å². The molecular weight excluding hydrogens is 298 g/mol. The number of thiophene rings is 1. The molecule has 1 aliphatic rings. The average Bonchev–Trinajstić information content (AvgIpc) is 3.07. The van der Waals surface area contributed by atoms with Crippen LogP contribution in [0, 0.1) is 6.92 Å². The lowest BCUT2D eigenvalue weighted by Crippen LogP contribution is -2.43. The quantitative estimate of drug-likeness (QED) is 0.870. The molecule has 0 spiro atoms. The number of hydrogen-bond donors (Lipinski definition) is 0. The summed E-state index contributed by atoms with van der Waals surface area (Å²) in [5, 5.41) is 5.48.